The van der Waals surface area contributed by atoms with E-state index in [-0.39, 0.29) is 5.82 Å². The molecule has 0 saturated heterocycles. The Balaban J connectivity index is 0.000000429. The predicted octanol–water partition coefficient (Wildman–Crippen LogP) is 1.90. The molecule has 5 N–H and O–H groups in total. The molecule has 0 fully saturated rings. The first kappa shape index (κ1) is 25.3. The van der Waals surface area contributed by atoms with Gasteiger partial charge in [0, 0.05) is 18.9 Å². The van der Waals surface area contributed by atoms with Crippen LogP contribution in [0.4, 0.5) is 19.0 Å². The van der Waals surface area contributed by atoms with E-state index in [2.05, 4.69) is 25.3 Å². The van der Waals surface area contributed by atoms with Gasteiger partial charge < -0.3 is 25.9 Å². The molecule has 0 aliphatic heterocycles. The number of alkyl halides is 3. The highest BCUT2D eigenvalue weighted by Gasteiger charge is 2.38. The zero-order valence-corrected chi connectivity index (χ0v) is 18.2. The third-order valence-electron chi connectivity index (χ3n) is 4.40. The van der Waals surface area contributed by atoms with Crippen LogP contribution in [0.25, 0.3) is 34.1 Å². The largest absolute Gasteiger partial charge is 0.490 e. The van der Waals surface area contributed by atoms with Crippen molar-refractivity contribution in [3.63, 3.8) is 0 Å². The van der Waals surface area contributed by atoms with Crippen LogP contribution in [0.5, 0.6) is 5.75 Å². The number of anilines is 1. The molecule has 4 rings (SSSR count). The minimum absolute atomic E-state index is 0.154. The van der Waals surface area contributed by atoms with E-state index in [4.69, 9.17) is 35.7 Å². The van der Waals surface area contributed by atoms with Crippen LogP contribution in [0, 0.1) is 0 Å². The molecule has 0 aromatic carbocycles. The van der Waals surface area contributed by atoms with Crippen LogP contribution in [0.3, 0.4) is 0 Å². The number of carboxylic acids is 1. The highest BCUT2D eigenvalue weighted by Crippen LogP contribution is 2.35. The van der Waals surface area contributed by atoms with Gasteiger partial charge in [0.2, 0.25) is 0 Å². The Hall–Kier alpha value is -4.34. The first-order valence-electron chi connectivity index (χ1n) is 10.1. The maximum atomic E-state index is 10.6. The van der Waals surface area contributed by atoms with E-state index in [9.17, 15) is 13.2 Å². The molecule has 35 heavy (non-hydrogen) atoms. The number of nitrogens with two attached hydrogens (primary N) is 2. The summed E-state index contributed by atoms with van der Waals surface area (Å²) in [5.74, 6) is -1.06. The van der Waals surface area contributed by atoms with Gasteiger partial charge in [0.05, 0.1) is 12.8 Å². The summed E-state index contributed by atoms with van der Waals surface area (Å²) in [6, 6.07) is 1.74. The van der Waals surface area contributed by atoms with E-state index >= 15 is 0 Å². The molecule has 16 heteroatoms. The van der Waals surface area contributed by atoms with E-state index in [0.717, 1.165) is 11.9 Å². The maximum absolute atomic E-state index is 10.6. The maximum Gasteiger partial charge on any atom is 0.490 e. The lowest BCUT2D eigenvalue weighted by Gasteiger charge is -2.11. The number of hydrogen-bond donors (Lipinski definition) is 3. The number of nitrogen functional groups attached to an aromatic ring is 1. The fourth-order valence-electron chi connectivity index (χ4n) is 2.91. The van der Waals surface area contributed by atoms with Crippen molar-refractivity contribution in [2.75, 3.05) is 18.9 Å². The van der Waals surface area contributed by atoms with Crippen molar-refractivity contribution in [2.45, 2.75) is 26.1 Å². The zero-order chi connectivity index (χ0) is 25.6. The summed E-state index contributed by atoms with van der Waals surface area (Å²) in [6.45, 7) is 3.57. The van der Waals surface area contributed by atoms with Gasteiger partial charge in [-0.2, -0.15) is 13.2 Å². The van der Waals surface area contributed by atoms with Gasteiger partial charge in [0.15, 0.2) is 28.9 Å². The molecule has 0 aliphatic carbocycles. The van der Waals surface area contributed by atoms with Crippen molar-refractivity contribution in [2.24, 2.45) is 5.73 Å². The second-order valence-electron chi connectivity index (χ2n) is 6.71. The molecule has 0 saturated carbocycles. The summed E-state index contributed by atoms with van der Waals surface area (Å²) in [6.07, 6.45) is 0.586. The molecule has 0 radical (unpaired) electrons. The lowest BCUT2D eigenvalue weighted by Crippen LogP contribution is -2.21. The number of fused-ring (bicyclic) bond motifs is 1. The first-order valence-corrected chi connectivity index (χ1v) is 10.1. The molecule has 0 spiro atoms. The normalized spacial score (nSPS) is 11.2. The fourth-order valence-corrected chi connectivity index (χ4v) is 2.91. The molecule has 0 amide bonds. The average molecular weight is 495 g/mol. The van der Waals surface area contributed by atoms with Gasteiger partial charge in [-0.15, -0.1) is 0 Å². The van der Waals surface area contributed by atoms with Gasteiger partial charge in [0.25, 0.3) is 0 Å². The van der Waals surface area contributed by atoms with Crippen molar-refractivity contribution >= 4 is 22.8 Å². The van der Waals surface area contributed by atoms with E-state index in [1.54, 1.807) is 24.7 Å². The number of rotatable bonds is 7. The molecule has 4 aromatic heterocycles. The highest BCUT2D eigenvalue weighted by atomic mass is 19.4. The molecule has 4 aromatic rings. The number of ether oxygens (including phenoxy) is 1. The lowest BCUT2D eigenvalue weighted by molar-refractivity contribution is -0.192. The van der Waals surface area contributed by atoms with Gasteiger partial charge in [-0.25, -0.2) is 29.4 Å². The molecule has 0 unspecified atom stereocenters. The van der Waals surface area contributed by atoms with Crippen molar-refractivity contribution in [3.05, 3.63) is 24.7 Å². The van der Waals surface area contributed by atoms with Crippen LogP contribution in [0.15, 0.2) is 29.3 Å². The number of aliphatic carboxylic acids is 1. The molecule has 0 bridgehead atoms. The van der Waals surface area contributed by atoms with Crippen LogP contribution in [-0.2, 0) is 11.3 Å². The third-order valence-corrected chi connectivity index (χ3v) is 4.40. The number of halogens is 3. The predicted molar refractivity (Wildman–Crippen MR) is 115 cm³/mol. The van der Waals surface area contributed by atoms with Crippen molar-refractivity contribution < 1.29 is 32.4 Å². The van der Waals surface area contributed by atoms with Gasteiger partial charge >= 0.3 is 12.1 Å². The topological polar surface area (TPSA) is 194 Å². The Labute approximate surface area is 194 Å². The fraction of sp³-hybridized carbons (Fsp3) is 0.316. The Morgan fingerprint density at radius 3 is 2.43 bits per heavy atom. The second-order valence-corrected chi connectivity index (χ2v) is 6.71. The van der Waals surface area contributed by atoms with Crippen molar-refractivity contribution in [3.8, 4) is 28.8 Å². The zero-order valence-electron chi connectivity index (χ0n) is 18.2. The van der Waals surface area contributed by atoms with E-state index in [1.807, 2.05) is 11.5 Å². The number of nitrogens with zero attached hydrogens (tertiary/aromatic N) is 7. The summed E-state index contributed by atoms with van der Waals surface area (Å²) < 4.78 is 44.3. The number of imidazole rings is 1. The lowest BCUT2D eigenvalue weighted by atomic mass is 10.2. The Morgan fingerprint density at radius 1 is 1.20 bits per heavy atom. The van der Waals surface area contributed by atoms with Crippen LogP contribution < -0.4 is 16.2 Å². The Morgan fingerprint density at radius 2 is 1.89 bits per heavy atom. The van der Waals surface area contributed by atoms with E-state index in [1.165, 1.54) is 0 Å². The van der Waals surface area contributed by atoms with Crippen LogP contribution >= 0.6 is 0 Å². The standard InChI is InChI=1S/C17H19N9O2.C2HF3O2/c1-2-26-14-10(27-8-3-5-18)9-22-12(16-20-6-4-7-21-16)11(14)23-17(26)13-15(19)25-28-24-13;3-2(4,5)1(6)7/h4,6-7,9H,2-3,5,8,18H2,1H3,(H2,19,25);(H,6,7). The Bertz CT molecular complexity index is 1290. The highest BCUT2D eigenvalue weighted by molar-refractivity contribution is 5.94. The van der Waals surface area contributed by atoms with Gasteiger partial charge in [-0.05, 0) is 36.3 Å². The minimum atomic E-state index is -5.08. The van der Waals surface area contributed by atoms with E-state index < -0.39 is 12.1 Å². The number of aryl methyl sites for hydroxylation is 1. The van der Waals surface area contributed by atoms with Gasteiger partial charge in [0.1, 0.15) is 16.7 Å². The molecular formula is C19H20F3N9O4. The molecular weight excluding hydrogens is 475 g/mol. The number of carboxylic acid groups (broad SMARTS) is 1. The van der Waals surface area contributed by atoms with Gasteiger partial charge in [-0.1, -0.05) is 0 Å². The summed E-state index contributed by atoms with van der Waals surface area (Å²) in [4.78, 5) is 26.7. The van der Waals surface area contributed by atoms with Gasteiger partial charge in [-0.3, -0.25) is 0 Å². The molecule has 0 aliphatic rings. The van der Waals surface area contributed by atoms with Crippen LogP contribution in [0.1, 0.15) is 13.3 Å². The summed E-state index contributed by atoms with van der Waals surface area (Å²) >= 11 is 0. The number of hydrogen-bond acceptors (Lipinski definition) is 11. The summed E-state index contributed by atoms with van der Waals surface area (Å²) in [5, 5.41) is 14.7. The number of carbonyl (C=O) groups is 1. The quantitative estimate of drug-likeness (QED) is 0.316. The third kappa shape index (κ3) is 5.60. The summed E-state index contributed by atoms with van der Waals surface area (Å²) in [7, 11) is 0. The first-order chi connectivity index (χ1) is 16.7. The Kier molecular flexibility index (Phi) is 7.75. The average Bonchev–Trinajstić information content (AvgIpc) is 3.42. The summed E-state index contributed by atoms with van der Waals surface area (Å²) in [5.41, 5.74) is 13.7. The minimum Gasteiger partial charge on any atom is -0.490 e. The van der Waals surface area contributed by atoms with Crippen molar-refractivity contribution in [1.82, 2.24) is 34.8 Å². The van der Waals surface area contributed by atoms with E-state index in [0.29, 0.717) is 54.0 Å². The monoisotopic (exact) mass is 495 g/mol. The number of aromatic nitrogens is 7. The SMILES string of the molecule is CCn1c(-c2nonc2N)nc2c(-c3ncccn3)ncc(OCCCN)c21.O=C(O)C(F)(F)F. The molecule has 4 heterocycles. The number of pyridine rings is 1. The second kappa shape index (κ2) is 10.7. The van der Waals surface area contributed by atoms with Crippen LogP contribution in [-0.4, -0.2) is 65.2 Å². The van der Waals surface area contributed by atoms with Crippen LogP contribution in [0.2, 0.25) is 0 Å². The molecule has 13 nitrogen and oxygen atoms in total. The van der Waals surface area contributed by atoms with Crippen molar-refractivity contribution in [1.29, 1.82) is 0 Å². The smallest absolute Gasteiger partial charge is 0.490 e. The molecule has 186 valence electrons. The molecule has 0 atom stereocenters.